The Morgan fingerprint density at radius 3 is 2.62 bits per heavy atom. The number of nitrogens with one attached hydrogen (secondary N) is 1. The lowest BCUT2D eigenvalue weighted by Crippen LogP contribution is -2.31. The number of rotatable bonds is 7. The number of aryl methyl sites for hydroxylation is 2. The molecule has 0 fully saturated rings. The van der Waals surface area contributed by atoms with Gasteiger partial charge in [-0.3, -0.25) is 4.79 Å². The number of nitrogen functional groups attached to an aromatic ring is 1. The lowest BCUT2D eigenvalue weighted by Gasteiger charge is -2.11. The van der Waals surface area contributed by atoms with E-state index >= 15 is 0 Å². The fraction of sp³-hybridized carbons (Fsp3) is 0.438. The van der Waals surface area contributed by atoms with Crippen molar-refractivity contribution in [2.24, 2.45) is 0 Å². The lowest BCUT2D eigenvalue weighted by molar-refractivity contribution is -0.119. The predicted octanol–water partition coefficient (Wildman–Crippen LogP) is 1.80. The first kappa shape index (κ1) is 18.1. The van der Waals surface area contributed by atoms with E-state index in [0.717, 1.165) is 16.9 Å². The van der Waals surface area contributed by atoms with Crippen LogP contribution in [0.2, 0.25) is 0 Å². The van der Waals surface area contributed by atoms with Gasteiger partial charge in [0.1, 0.15) is 12.4 Å². The molecule has 0 saturated heterocycles. The van der Waals surface area contributed by atoms with E-state index in [2.05, 4.69) is 15.5 Å². The number of carbonyl (C=O) groups is 1. The van der Waals surface area contributed by atoms with Crippen LogP contribution in [-0.2, 0) is 11.4 Å². The van der Waals surface area contributed by atoms with Crippen LogP contribution < -0.4 is 15.9 Å². The summed E-state index contributed by atoms with van der Waals surface area (Å²) in [5.74, 6) is 7.50. The standard InChI is InChI=1S/C16H23N5O2S/c1-10(2)18-14(22)9-24-16-20-19-13(21(16)17)8-23-15-11(3)6-5-7-12(15)4/h5-7,10H,8-9,17H2,1-4H3,(H,18,22). The quantitative estimate of drug-likeness (QED) is 0.585. The van der Waals surface area contributed by atoms with Crippen LogP contribution in [0.5, 0.6) is 5.75 Å². The van der Waals surface area contributed by atoms with E-state index in [1.165, 1.54) is 16.4 Å². The second-order valence-corrected chi connectivity index (χ2v) is 6.73. The molecule has 0 radical (unpaired) electrons. The summed E-state index contributed by atoms with van der Waals surface area (Å²) in [5.41, 5.74) is 2.11. The molecule has 0 aliphatic carbocycles. The van der Waals surface area contributed by atoms with Crippen molar-refractivity contribution in [1.82, 2.24) is 20.2 Å². The van der Waals surface area contributed by atoms with Gasteiger partial charge in [0.15, 0.2) is 5.82 Å². The van der Waals surface area contributed by atoms with Gasteiger partial charge in [-0.1, -0.05) is 30.0 Å². The molecule has 0 aliphatic rings. The molecule has 0 bridgehead atoms. The van der Waals surface area contributed by atoms with Gasteiger partial charge >= 0.3 is 0 Å². The largest absolute Gasteiger partial charge is 0.485 e. The fourth-order valence-electron chi connectivity index (χ4n) is 2.16. The Morgan fingerprint density at radius 1 is 1.33 bits per heavy atom. The van der Waals surface area contributed by atoms with Gasteiger partial charge in [0.05, 0.1) is 5.75 Å². The second-order valence-electron chi connectivity index (χ2n) is 5.79. The summed E-state index contributed by atoms with van der Waals surface area (Å²) in [6, 6.07) is 6.07. The minimum atomic E-state index is -0.0636. The number of amides is 1. The molecule has 0 unspecified atom stereocenters. The van der Waals surface area contributed by atoms with E-state index in [-0.39, 0.29) is 24.3 Å². The number of aromatic nitrogens is 3. The molecule has 0 saturated carbocycles. The smallest absolute Gasteiger partial charge is 0.230 e. The number of hydrogen-bond acceptors (Lipinski definition) is 6. The van der Waals surface area contributed by atoms with Gasteiger partial charge in [-0.25, -0.2) is 4.68 Å². The van der Waals surface area contributed by atoms with Crippen LogP contribution in [0.25, 0.3) is 0 Å². The number of nitrogens with two attached hydrogens (primary N) is 1. The Bertz CT molecular complexity index is 694. The average molecular weight is 349 g/mol. The first-order valence-electron chi connectivity index (χ1n) is 7.69. The third kappa shape index (κ3) is 4.64. The Labute approximate surface area is 145 Å². The van der Waals surface area contributed by atoms with Gasteiger partial charge in [-0.15, -0.1) is 10.2 Å². The summed E-state index contributed by atoms with van der Waals surface area (Å²) in [7, 11) is 0. The van der Waals surface area contributed by atoms with Crippen molar-refractivity contribution in [1.29, 1.82) is 0 Å². The SMILES string of the molecule is Cc1cccc(C)c1OCc1nnc(SCC(=O)NC(C)C)n1N. The molecular weight excluding hydrogens is 326 g/mol. The molecular formula is C16H23N5O2S. The number of ether oxygens (including phenoxy) is 1. The van der Waals surface area contributed by atoms with Crippen LogP contribution in [0, 0.1) is 13.8 Å². The van der Waals surface area contributed by atoms with E-state index in [1.807, 2.05) is 45.9 Å². The third-order valence-corrected chi connectivity index (χ3v) is 4.21. The third-order valence-electron chi connectivity index (χ3n) is 3.27. The van der Waals surface area contributed by atoms with Gasteiger partial charge < -0.3 is 15.9 Å². The van der Waals surface area contributed by atoms with E-state index in [1.54, 1.807) is 0 Å². The van der Waals surface area contributed by atoms with E-state index in [4.69, 9.17) is 10.6 Å². The minimum Gasteiger partial charge on any atom is -0.485 e. The highest BCUT2D eigenvalue weighted by Gasteiger charge is 2.14. The number of thioether (sulfide) groups is 1. The van der Waals surface area contributed by atoms with Gasteiger partial charge in [-0.05, 0) is 38.8 Å². The minimum absolute atomic E-state index is 0.0636. The summed E-state index contributed by atoms with van der Waals surface area (Å²) in [4.78, 5) is 11.7. The molecule has 0 aliphatic heterocycles. The molecule has 8 heteroatoms. The zero-order valence-electron chi connectivity index (χ0n) is 14.4. The van der Waals surface area contributed by atoms with Crippen LogP contribution in [-0.4, -0.2) is 32.6 Å². The average Bonchev–Trinajstić information content (AvgIpc) is 2.85. The molecule has 1 aromatic heterocycles. The number of carbonyl (C=O) groups excluding carboxylic acids is 1. The molecule has 1 heterocycles. The summed E-state index contributed by atoms with van der Waals surface area (Å²) >= 11 is 1.24. The molecule has 1 amide bonds. The van der Waals surface area contributed by atoms with Crippen LogP contribution in [0.1, 0.15) is 30.8 Å². The summed E-state index contributed by atoms with van der Waals surface area (Å²) in [6.07, 6.45) is 0. The summed E-state index contributed by atoms with van der Waals surface area (Å²) < 4.78 is 7.20. The van der Waals surface area contributed by atoms with Crippen molar-refractivity contribution in [2.45, 2.75) is 45.5 Å². The van der Waals surface area contributed by atoms with Gasteiger partial charge in [-0.2, -0.15) is 0 Å². The molecule has 2 rings (SSSR count). The molecule has 1 aromatic carbocycles. The van der Waals surface area contributed by atoms with Crippen LogP contribution >= 0.6 is 11.8 Å². The highest BCUT2D eigenvalue weighted by atomic mass is 32.2. The fourth-order valence-corrected chi connectivity index (χ4v) is 2.85. The van der Waals surface area contributed by atoms with E-state index < -0.39 is 0 Å². The van der Waals surface area contributed by atoms with Crippen LogP contribution in [0.3, 0.4) is 0 Å². The van der Waals surface area contributed by atoms with Crippen molar-refractivity contribution in [3.63, 3.8) is 0 Å². The molecule has 130 valence electrons. The molecule has 2 aromatic rings. The summed E-state index contributed by atoms with van der Waals surface area (Å²) in [5, 5.41) is 11.4. The van der Waals surface area contributed by atoms with Gasteiger partial charge in [0.25, 0.3) is 0 Å². The highest BCUT2D eigenvalue weighted by Crippen LogP contribution is 2.23. The maximum atomic E-state index is 11.7. The first-order valence-corrected chi connectivity index (χ1v) is 8.67. The van der Waals surface area contributed by atoms with Gasteiger partial charge in [0, 0.05) is 6.04 Å². The molecule has 3 N–H and O–H groups in total. The van der Waals surface area contributed by atoms with Crippen LogP contribution in [0.15, 0.2) is 23.4 Å². The molecule has 24 heavy (non-hydrogen) atoms. The van der Waals surface area contributed by atoms with E-state index in [9.17, 15) is 4.79 Å². The first-order chi connectivity index (χ1) is 11.4. The van der Waals surface area contributed by atoms with Crippen molar-refractivity contribution in [3.8, 4) is 5.75 Å². The Balaban J connectivity index is 1.96. The lowest BCUT2D eigenvalue weighted by atomic mass is 10.1. The Morgan fingerprint density at radius 2 is 2.00 bits per heavy atom. The normalized spacial score (nSPS) is 10.9. The van der Waals surface area contributed by atoms with Gasteiger partial charge in [0.2, 0.25) is 11.1 Å². The number of para-hydroxylation sites is 1. The zero-order chi connectivity index (χ0) is 17.7. The Hall–Kier alpha value is -2.22. The topological polar surface area (TPSA) is 95.1 Å². The van der Waals surface area contributed by atoms with Crippen molar-refractivity contribution >= 4 is 17.7 Å². The molecule has 0 spiro atoms. The van der Waals surface area contributed by atoms with Crippen molar-refractivity contribution in [2.75, 3.05) is 11.6 Å². The van der Waals surface area contributed by atoms with E-state index in [0.29, 0.717) is 11.0 Å². The number of hydrogen-bond donors (Lipinski definition) is 2. The zero-order valence-corrected chi connectivity index (χ0v) is 15.2. The molecule has 0 atom stereocenters. The monoisotopic (exact) mass is 349 g/mol. The number of benzene rings is 1. The van der Waals surface area contributed by atoms with Crippen molar-refractivity contribution < 1.29 is 9.53 Å². The predicted molar refractivity (Wildman–Crippen MR) is 94.4 cm³/mol. The maximum Gasteiger partial charge on any atom is 0.230 e. The van der Waals surface area contributed by atoms with Crippen molar-refractivity contribution in [3.05, 3.63) is 35.2 Å². The Kier molecular flexibility index (Phi) is 6.08. The molecule has 7 nitrogen and oxygen atoms in total. The maximum absolute atomic E-state index is 11.7. The number of nitrogens with zero attached hydrogens (tertiary/aromatic N) is 3. The second kappa shape index (κ2) is 8.05. The highest BCUT2D eigenvalue weighted by molar-refractivity contribution is 7.99. The van der Waals surface area contributed by atoms with Crippen LogP contribution in [0.4, 0.5) is 0 Å². The summed E-state index contributed by atoms with van der Waals surface area (Å²) in [6.45, 7) is 8.02.